The summed E-state index contributed by atoms with van der Waals surface area (Å²) in [6.07, 6.45) is 0.719. The molecule has 37 heavy (non-hydrogen) atoms. The predicted octanol–water partition coefficient (Wildman–Crippen LogP) is 2.32. The molecule has 184 valence electrons. The number of nitrogens with two attached hydrogens (primary N) is 1. The number of nitrogens with zero attached hydrogens (tertiary/aromatic N) is 2. The third-order valence-corrected chi connectivity index (χ3v) is 7.59. The molecule has 0 atom stereocenters. The molecule has 0 fully saturated rings. The van der Waals surface area contributed by atoms with Crippen LogP contribution < -0.4 is 32.4 Å². The van der Waals surface area contributed by atoms with Crippen LogP contribution in [-0.4, -0.2) is 22.4 Å². The molecule has 0 radical (unpaired) electrons. The summed E-state index contributed by atoms with van der Waals surface area (Å²) in [5.41, 5.74) is 9.25. The molecular weight excluding hydrogens is 490 g/mol. The van der Waals surface area contributed by atoms with Gasteiger partial charge in [-0.1, -0.05) is 48.5 Å². The number of hydrogen-bond donors (Lipinski definition) is 3. The molecule has 9 nitrogen and oxygen atoms in total. The van der Waals surface area contributed by atoms with Crippen molar-refractivity contribution in [3.63, 3.8) is 0 Å². The Hall–Kier alpha value is -4.57. The van der Waals surface area contributed by atoms with Crippen molar-refractivity contribution in [1.29, 1.82) is 0 Å². The largest absolute Gasteiger partial charge is 0.394 e. The normalized spacial score (nSPS) is 13.1. The van der Waals surface area contributed by atoms with Gasteiger partial charge in [-0.2, -0.15) is 0 Å². The van der Waals surface area contributed by atoms with Crippen molar-refractivity contribution >= 4 is 38.8 Å². The highest BCUT2D eigenvalue weighted by Gasteiger charge is 2.27. The highest BCUT2D eigenvalue weighted by Crippen LogP contribution is 2.30. The second-order valence-corrected chi connectivity index (χ2v) is 9.85. The maximum Gasteiger partial charge on any atom is 0.287 e. The lowest BCUT2D eigenvalue weighted by Crippen LogP contribution is -2.44. The van der Waals surface area contributed by atoms with Crippen LogP contribution in [0.3, 0.4) is 0 Å². The van der Waals surface area contributed by atoms with Crippen molar-refractivity contribution in [2.75, 3.05) is 17.2 Å². The van der Waals surface area contributed by atoms with Gasteiger partial charge in [-0.15, -0.1) is 11.3 Å². The summed E-state index contributed by atoms with van der Waals surface area (Å²) >= 11 is 1.32. The first-order valence-electron chi connectivity index (χ1n) is 11.7. The summed E-state index contributed by atoms with van der Waals surface area (Å²) in [7, 11) is 0. The van der Waals surface area contributed by atoms with Crippen LogP contribution in [0.1, 0.15) is 27.3 Å². The summed E-state index contributed by atoms with van der Waals surface area (Å²) in [4.78, 5) is 58.5. The third kappa shape index (κ3) is 3.91. The van der Waals surface area contributed by atoms with Gasteiger partial charge in [0.15, 0.2) is 0 Å². The van der Waals surface area contributed by atoms with Crippen molar-refractivity contribution in [2.45, 2.75) is 19.5 Å². The average Bonchev–Trinajstić information content (AvgIpc) is 3.36. The van der Waals surface area contributed by atoms with Gasteiger partial charge in [0.1, 0.15) is 16.2 Å². The maximum absolute atomic E-state index is 12.8. The van der Waals surface area contributed by atoms with E-state index in [1.165, 1.54) is 11.3 Å². The van der Waals surface area contributed by atoms with E-state index in [0.717, 1.165) is 34.2 Å². The first-order chi connectivity index (χ1) is 17.9. The molecule has 0 saturated carbocycles. The number of aromatic nitrogens is 2. The van der Waals surface area contributed by atoms with E-state index in [4.69, 9.17) is 5.73 Å². The number of fused-ring (bicyclic) bond motifs is 2. The number of nitrogen functional groups attached to an aromatic ring is 1. The van der Waals surface area contributed by atoms with Crippen LogP contribution >= 0.6 is 11.3 Å². The summed E-state index contributed by atoms with van der Waals surface area (Å²) in [5.74, 6) is -0.525. The fourth-order valence-corrected chi connectivity index (χ4v) is 5.72. The molecule has 3 aromatic carbocycles. The number of anilines is 2. The van der Waals surface area contributed by atoms with Gasteiger partial charge in [0.05, 0.1) is 5.39 Å². The van der Waals surface area contributed by atoms with Crippen LogP contribution in [0.4, 0.5) is 11.4 Å². The zero-order valence-corrected chi connectivity index (χ0v) is 20.4. The van der Waals surface area contributed by atoms with E-state index in [1.807, 2.05) is 58.8 Å². The standard InChI is InChI=1S/C27H21N5O4S/c28-20-21(23(34)22(20)33)32-9-8-15-7-6-14(10-17(15)12-32)11-29-26(36)24-30-25(35)19-18(13-37-27(19)31-24)16-4-2-1-3-5-16/h1-7,10,13H,8-9,11-12,28H2,(H,29,36)(H,30,31,35). The Bertz CT molecular complexity index is 1820. The summed E-state index contributed by atoms with van der Waals surface area (Å²) in [5, 5.41) is 5.16. The van der Waals surface area contributed by atoms with Gasteiger partial charge >= 0.3 is 0 Å². The maximum atomic E-state index is 12.8. The molecule has 3 heterocycles. The van der Waals surface area contributed by atoms with E-state index in [-0.39, 0.29) is 23.6 Å². The summed E-state index contributed by atoms with van der Waals surface area (Å²) in [6, 6.07) is 15.5. The second kappa shape index (κ2) is 8.82. The van der Waals surface area contributed by atoms with E-state index in [9.17, 15) is 19.2 Å². The Morgan fingerprint density at radius 3 is 2.68 bits per heavy atom. The fourth-order valence-electron chi connectivity index (χ4n) is 4.78. The third-order valence-electron chi connectivity index (χ3n) is 6.72. The molecule has 1 amide bonds. The van der Waals surface area contributed by atoms with Gasteiger partial charge in [0.2, 0.25) is 5.82 Å². The molecule has 4 N–H and O–H groups in total. The topological polar surface area (TPSA) is 138 Å². The molecule has 1 aliphatic rings. The van der Waals surface area contributed by atoms with Crippen molar-refractivity contribution in [3.05, 3.63) is 107 Å². The number of H-pyrrole nitrogens is 1. The molecule has 0 aliphatic carbocycles. The molecule has 6 rings (SSSR count). The summed E-state index contributed by atoms with van der Waals surface area (Å²) < 4.78 is 0. The lowest BCUT2D eigenvalue weighted by atomic mass is 9.96. The van der Waals surface area contributed by atoms with E-state index in [2.05, 4.69) is 15.3 Å². The number of hydrogen-bond acceptors (Lipinski definition) is 8. The van der Waals surface area contributed by atoms with Gasteiger partial charge in [-0.05, 0) is 28.7 Å². The van der Waals surface area contributed by atoms with Crippen molar-refractivity contribution in [3.8, 4) is 11.1 Å². The van der Waals surface area contributed by atoms with Crippen LogP contribution in [0, 0.1) is 0 Å². The summed E-state index contributed by atoms with van der Waals surface area (Å²) in [6.45, 7) is 1.30. The Morgan fingerprint density at radius 1 is 1.08 bits per heavy atom. The lowest BCUT2D eigenvalue weighted by molar-refractivity contribution is 0.0940. The first kappa shape index (κ1) is 22.9. The predicted molar refractivity (Wildman–Crippen MR) is 144 cm³/mol. The van der Waals surface area contributed by atoms with Crippen molar-refractivity contribution in [2.24, 2.45) is 0 Å². The number of amides is 1. The van der Waals surface area contributed by atoms with Crippen molar-refractivity contribution < 1.29 is 4.79 Å². The van der Waals surface area contributed by atoms with Crippen LogP contribution in [-0.2, 0) is 19.5 Å². The molecule has 0 saturated heterocycles. The average molecular weight is 512 g/mol. The number of benzene rings is 2. The van der Waals surface area contributed by atoms with Gasteiger partial charge in [-0.3, -0.25) is 19.2 Å². The van der Waals surface area contributed by atoms with E-state index >= 15 is 0 Å². The molecule has 5 aromatic rings. The molecular formula is C27H21N5O4S. The molecule has 1 aliphatic heterocycles. The monoisotopic (exact) mass is 511 g/mol. The minimum Gasteiger partial charge on any atom is -0.394 e. The number of rotatable bonds is 5. The van der Waals surface area contributed by atoms with Gasteiger partial charge in [0.25, 0.3) is 22.3 Å². The highest BCUT2D eigenvalue weighted by atomic mass is 32.1. The minimum atomic E-state index is -0.624. The van der Waals surface area contributed by atoms with Crippen LogP contribution in [0.2, 0.25) is 0 Å². The van der Waals surface area contributed by atoms with E-state index in [1.54, 1.807) is 0 Å². The van der Waals surface area contributed by atoms with Crippen LogP contribution in [0.5, 0.6) is 0 Å². The Labute approximate surface area is 213 Å². The second-order valence-electron chi connectivity index (χ2n) is 8.99. The quantitative estimate of drug-likeness (QED) is 0.308. The van der Waals surface area contributed by atoms with Gasteiger partial charge < -0.3 is 20.9 Å². The lowest BCUT2D eigenvalue weighted by Gasteiger charge is -2.32. The SMILES string of the molecule is Nc1c(N2CCc3ccc(CNC(=O)c4nc5scc(-c6ccccc6)c5c(=O)[nH]4)cc3C2)c(=O)c1=O. The Balaban J connectivity index is 1.19. The Morgan fingerprint density at radius 2 is 1.89 bits per heavy atom. The zero-order valence-electron chi connectivity index (χ0n) is 19.5. The molecule has 0 spiro atoms. The molecule has 10 heteroatoms. The number of thiophene rings is 1. The zero-order chi connectivity index (χ0) is 25.7. The number of nitrogens with one attached hydrogen (secondary N) is 2. The number of aromatic amines is 1. The van der Waals surface area contributed by atoms with Gasteiger partial charge in [-0.25, -0.2) is 4.98 Å². The molecule has 0 unspecified atom stereocenters. The van der Waals surface area contributed by atoms with Crippen LogP contribution in [0.15, 0.2) is 68.3 Å². The van der Waals surface area contributed by atoms with E-state index in [0.29, 0.717) is 29.0 Å². The smallest absolute Gasteiger partial charge is 0.287 e. The minimum absolute atomic E-state index is 0.0250. The molecule has 0 bridgehead atoms. The number of carbonyl (C=O) groups excluding carboxylic acids is 1. The molecule has 2 aromatic heterocycles. The Kier molecular flexibility index (Phi) is 5.45. The van der Waals surface area contributed by atoms with Crippen LogP contribution in [0.25, 0.3) is 21.3 Å². The van der Waals surface area contributed by atoms with Gasteiger partial charge in [0, 0.05) is 30.6 Å². The van der Waals surface area contributed by atoms with E-state index < -0.39 is 16.8 Å². The first-order valence-corrected chi connectivity index (χ1v) is 12.6. The number of carbonyl (C=O) groups is 1. The highest BCUT2D eigenvalue weighted by molar-refractivity contribution is 7.17. The fraction of sp³-hybridized carbons (Fsp3) is 0.148. The van der Waals surface area contributed by atoms with Crippen molar-refractivity contribution in [1.82, 2.24) is 15.3 Å².